The molecule has 0 fully saturated rings. The van der Waals surface area contributed by atoms with Crippen molar-refractivity contribution in [2.45, 2.75) is 30.7 Å². The van der Waals surface area contributed by atoms with Crippen LogP contribution >= 0.6 is 0 Å². The second kappa shape index (κ2) is 12.8. The molecular formula is C29H32FN3O6S. The fourth-order valence-electron chi connectivity index (χ4n) is 4.51. The van der Waals surface area contributed by atoms with Crippen LogP contribution in [0.4, 0.5) is 10.1 Å². The van der Waals surface area contributed by atoms with Crippen molar-refractivity contribution in [3.63, 3.8) is 0 Å². The van der Waals surface area contributed by atoms with Gasteiger partial charge in [-0.1, -0.05) is 37.3 Å². The number of carbonyl (C=O) groups excluding carboxylic acids is 2. The van der Waals surface area contributed by atoms with Crippen molar-refractivity contribution >= 4 is 27.5 Å². The van der Waals surface area contributed by atoms with Gasteiger partial charge in [-0.05, 0) is 54.8 Å². The average Bonchev–Trinajstić information content (AvgIpc) is 2.98. The molecule has 1 atom stereocenters. The molecule has 0 unspecified atom stereocenters. The van der Waals surface area contributed by atoms with Crippen molar-refractivity contribution in [2.75, 3.05) is 37.7 Å². The predicted molar refractivity (Wildman–Crippen MR) is 148 cm³/mol. The number of sulfonamides is 1. The van der Waals surface area contributed by atoms with E-state index >= 15 is 0 Å². The molecular weight excluding hydrogens is 537 g/mol. The van der Waals surface area contributed by atoms with Gasteiger partial charge in [-0.15, -0.1) is 0 Å². The van der Waals surface area contributed by atoms with Crippen LogP contribution in [-0.2, 0) is 26.0 Å². The number of hydrogen-bond donors (Lipinski definition) is 1. The SMILES string of the molecule is CC[C@@H](C(=O)NC)N(CCc1ccccc1)C(=O)CN(c1ccc(F)cc1)S(=O)(=O)c1ccc2c(c1)OCCO2. The highest BCUT2D eigenvalue weighted by atomic mass is 32.2. The van der Waals surface area contributed by atoms with Crippen molar-refractivity contribution in [1.29, 1.82) is 0 Å². The number of halogens is 1. The summed E-state index contributed by atoms with van der Waals surface area (Å²) in [5.74, 6) is -0.795. The summed E-state index contributed by atoms with van der Waals surface area (Å²) in [6.45, 7) is 1.98. The molecule has 1 N–H and O–H groups in total. The Morgan fingerprint density at radius 3 is 2.30 bits per heavy atom. The molecule has 2 amide bonds. The maximum Gasteiger partial charge on any atom is 0.264 e. The number of ether oxygens (including phenoxy) is 2. The molecule has 3 aromatic rings. The molecule has 3 aromatic carbocycles. The number of nitrogens with one attached hydrogen (secondary N) is 1. The molecule has 11 heteroatoms. The fraction of sp³-hybridized carbons (Fsp3) is 0.310. The Bertz CT molecular complexity index is 1430. The van der Waals surface area contributed by atoms with E-state index in [2.05, 4.69) is 5.32 Å². The summed E-state index contributed by atoms with van der Waals surface area (Å²) in [4.78, 5) is 27.9. The smallest absolute Gasteiger partial charge is 0.264 e. The van der Waals surface area contributed by atoms with Crippen LogP contribution in [0.5, 0.6) is 11.5 Å². The Labute approximate surface area is 233 Å². The van der Waals surface area contributed by atoms with Crippen molar-refractivity contribution in [1.82, 2.24) is 10.2 Å². The van der Waals surface area contributed by atoms with Crippen LogP contribution in [0.15, 0.2) is 77.7 Å². The molecule has 1 heterocycles. The number of carbonyl (C=O) groups is 2. The first-order chi connectivity index (χ1) is 19.2. The van der Waals surface area contributed by atoms with Crippen LogP contribution in [0.1, 0.15) is 18.9 Å². The van der Waals surface area contributed by atoms with Gasteiger partial charge in [0, 0.05) is 19.7 Å². The van der Waals surface area contributed by atoms with Gasteiger partial charge in [-0.3, -0.25) is 13.9 Å². The number of anilines is 1. The van der Waals surface area contributed by atoms with Gasteiger partial charge in [0.1, 0.15) is 31.6 Å². The van der Waals surface area contributed by atoms with Gasteiger partial charge in [0.25, 0.3) is 10.0 Å². The van der Waals surface area contributed by atoms with E-state index in [0.29, 0.717) is 25.2 Å². The van der Waals surface area contributed by atoms with Crippen molar-refractivity contribution < 1.29 is 31.9 Å². The van der Waals surface area contributed by atoms with E-state index < -0.39 is 34.3 Å². The monoisotopic (exact) mass is 569 g/mol. The zero-order chi connectivity index (χ0) is 28.7. The quantitative estimate of drug-likeness (QED) is 0.380. The van der Waals surface area contributed by atoms with E-state index in [9.17, 15) is 22.4 Å². The summed E-state index contributed by atoms with van der Waals surface area (Å²) in [5.41, 5.74) is 1.06. The number of amides is 2. The lowest BCUT2D eigenvalue weighted by Gasteiger charge is -2.33. The standard InChI is InChI=1S/C29H32FN3O6S/c1-3-25(29(35)31-2)32(16-15-21-7-5-4-6-8-21)28(34)20-33(23-11-9-22(30)10-12-23)40(36,37)24-13-14-26-27(19-24)39-18-17-38-26/h4-14,19,25H,3,15-18,20H2,1-2H3,(H,31,35)/t25-/m0/s1. The molecule has 1 aliphatic rings. The van der Waals surface area contributed by atoms with Crippen LogP contribution in [-0.4, -0.2) is 64.5 Å². The van der Waals surface area contributed by atoms with E-state index in [1.807, 2.05) is 30.3 Å². The number of fused-ring (bicyclic) bond motifs is 1. The largest absolute Gasteiger partial charge is 0.486 e. The molecule has 212 valence electrons. The molecule has 9 nitrogen and oxygen atoms in total. The summed E-state index contributed by atoms with van der Waals surface area (Å²) in [6.07, 6.45) is 0.789. The average molecular weight is 570 g/mol. The molecule has 40 heavy (non-hydrogen) atoms. The van der Waals surface area contributed by atoms with E-state index in [-0.39, 0.29) is 35.4 Å². The molecule has 0 spiro atoms. The van der Waals surface area contributed by atoms with Gasteiger partial charge in [-0.2, -0.15) is 0 Å². The molecule has 0 saturated carbocycles. The highest BCUT2D eigenvalue weighted by Gasteiger charge is 2.33. The minimum atomic E-state index is -4.33. The lowest BCUT2D eigenvalue weighted by molar-refractivity contribution is -0.139. The third-order valence-electron chi connectivity index (χ3n) is 6.61. The summed E-state index contributed by atoms with van der Waals surface area (Å²) in [5, 5.41) is 2.59. The lowest BCUT2D eigenvalue weighted by Crippen LogP contribution is -2.52. The Morgan fingerprint density at radius 2 is 1.65 bits per heavy atom. The Balaban J connectivity index is 1.70. The number of hydrogen-bond acceptors (Lipinski definition) is 6. The Kier molecular flexibility index (Phi) is 9.26. The van der Waals surface area contributed by atoms with E-state index in [4.69, 9.17) is 9.47 Å². The first kappa shape index (κ1) is 28.9. The van der Waals surface area contributed by atoms with Crippen LogP contribution in [0, 0.1) is 5.82 Å². The first-order valence-corrected chi connectivity index (χ1v) is 14.4. The molecule has 4 rings (SSSR count). The normalized spacial score (nSPS) is 13.3. The van der Waals surface area contributed by atoms with E-state index in [1.165, 1.54) is 42.3 Å². The third kappa shape index (κ3) is 6.53. The minimum Gasteiger partial charge on any atom is -0.486 e. The highest BCUT2D eigenvalue weighted by molar-refractivity contribution is 7.92. The molecule has 0 bridgehead atoms. The number of nitrogens with zero attached hydrogens (tertiary/aromatic N) is 2. The molecule has 1 aliphatic heterocycles. The molecule has 0 saturated heterocycles. The van der Waals surface area contributed by atoms with Crippen molar-refractivity contribution in [2.24, 2.45) is 0 Å². The second-order valence-corrected chi connectivity index (χ2v) is 11.0. The van der Waals surface area contributed by atoms with Gasteiger partial charge in [-0.25, -0.2) is 12.8 Å². The zero-order valence-corrected chi connectivity index (χ0v) is 23.2. The number of benzene rings is 3. The zero-order valence-electron chi connectivity index (χ0n) is 22.4. The Morgan fingerprint density at radius 1 is 0.975 bits per heavy atom. The van der Waals surface area contributed by atoms with Gasteiger partial charge < -0.3 is 19.7 Å². The fourth-order valence-corrected chi connectivity index (χ4v) is 5.94. The van der Waals surface area contributed by atoms with Gasteiger partial charge in [0.05, 0.1) is 10.6 Å². The number of rotatable bonds is 11. The summed E-state index contributed by atoms with van der Waals surface area (Å²) >= 11 is 0. The molecule has 0 radical (unpaired) electrons. The van der Waals surface area contributed by atoms with E-state index in [1.54, 1.807) is 6.92 Å². The van der Waals surface area contributed by atoms with Crippen LogP contribution in [0.2, 0.25) is 0 Å². The predicted octanol–water partition coefficient (Wildman–Crippen LogP) is 3.39. The first-order valence-electron chi connectivity index (χ1n) is 13.0. The third-order valence-corrected chi connectivity index (χ3v) is 8.38. The molecule has 0 aliphatic carbocycles. The topological polar surface area (TPSA) is 105 Å². The van der Waals surface area contributed by atoms with Crippen molar-refractivity contribution in [3.8, 4) is 11.5 Å². The van der Waals surface area contributed by atoms with Gasteiger partial charge in [0.2, 0.25) is 11.8 Å². The van der Waals surface area contributed by atoms with Crippen LogP contribution < -0.4 is 19.1 Å². The highest BCUT2D eigenvalue weighted by Crippen LogP contribution is 2.34. The lowest BCUT2D eigenvalue weighted by atomic mass is 10.1. The maximum atomic E-state index is 14.0. The maximum absolute atomic E-state index is 14.0. The minimum absolute atomic E-state index is 0.0978. The Hall–Kier alpha value is -4.12. The molecule has 0 aromatic heterocycles. The summed E-state index contributed by atoms with van der Waals surface area (Å²) in [6, 6.07) is 17.7. The van der Waals surface area contributed by atoms with Crippen LogP contribution in [0.25, 0.3) is 0 Å². The summed E-state index contributed by atoms with van der Waals surface area (Å²) in [7, 11) is -2.84. The van der Waals surface area contributed by atoms with Crippen molar-refractivity contribution in [3.05, 3.63) is 84.2 Å². The number of likely N-dealkylation sites (N-methyl/N-ethyl adjacent to an activating group) is 1. The second-order valence-electron chi connectivity index (χ2n) is 9.15. The van der Waals surface area contributed by atoms with E-state index in [0.717, 1.165) is 22.0 Å². The van der Waals surface area contributed by atoms with Gasteiger partial charge >= 0.3 is 0 Å². The summed E-state index contributed by atoms with van der Waals surface area (Å²) < 4.78 is 53.7. The van der Waals surface area contributed by atoms with Crippen LogP contribution in [0.3, 0.4) is 0 Å². The van der Waals surface area contributed by atoms with Gasteiger partial charge in [0.15, 0.2) is 11.5 Å².